The Bertz CT molecular complexity index is 665. The average Bonchev–Trinajstić information content (AvgIpc) is 2.48. The van der Waals surface area contributed by atoms with Crippen molar-refractivity contribution in [1.29, 1.82) is 0 Å². The van der Waals surface area contributed by atoms with E-state index in [4.69, 9.17) is 4.74 Å². The minimum absolute atomic E-state index is 0.327. The third kappa shape index (κ3) is 2.99. The molecule has 4 heteroatoms. The number of hydrogen-bond donors (Lipinski definition) is 1. The SMILES string of the molecule is CCCNc1c(C(=O)OCC)cnc2c(C)ccc(C)c12. The highest BCUT2D eigenvalue weighted by Gasteiger charge is 2.18. The van der Waals surface area contributed by atoms with Crippen molar-refractivity contribution >= 4 is 22.6 Å². The second kappa shape index (κ2) is 6.57. The summed E-state index contributed by atoms with van der Waals surface area (Å²) in [5, 5.41) is 4.38. The maximum atomic E-state index is 12.2. The predicted octanol–water partition coefficient (Wildman–Crippen LogP) is 3.85. The number of ether oxygens (including phenoxy) is 1. The van der Waals surface area contributed by atoms with Crippen LogP contribution in [0.2, 0.25) is 0 Å². The molecule has 2 rings (SSSR count). The number of esters is 1. The van der Waals surface area contributed by atoms with Gasteiger partial charge in [-0.25, -0.2) is 4.79 Å². The van der Waals surface area contributed by atoms with Crippen LogP contribution in [-0.2, 0) is 4.74 Å². The standard InChI is InChI=1S/C17H22N2O2/c1-5-9-18-16-13(17(20)21-6-2)10-19-15-12(4)8-7-11(3)14(15)16/h7-8,10H,5-6,9H2,1-4H3,(H,18,19). The molecule has 1 heterocycles. The number of aromatic nitrogens is 1. The van der Waals surface area contributed by atoms with Crippen LogP contribution in [0.5, 0.6) is 0 Å². The first-order valence-electron chi connectivity index (χ1n) is 7.40. The van der Waals surface area contributed by atoms with E-state index in [1.165, 1.54) is 0 Å². The number of hydrogen-bond acceptors (Lipinski definition) is 4. The Morgan fingerprint density at radius 2 is 1.95 bits per heavy atom. The first kappa shape index (κ1) is 15.3. The molecule has 2 aromatic rings. The molecule has 0 aliphatic rings. The summed E-state index contributed by atoms with van der Waals surface area (Å²) in [7, 11) is 0. The summed E-state index contributed by atoms with van der Waals surface area (Å²) in [4.78, 5) is 16.6. The van der Waals surface area contributed by atoms with Gasteiger partial charge in [0.25, 0.3) is 0 Å². The maximum absolute atomic E-state index is 12.2. The number of fused-ring (bicyclic) bond motifs is 1. The Morgan fingerprint density at radius 1 is 1.24 bits per heavy atom. The second-order valence-corrected chi connectivity index (χ2v) is 5.12. The topological polar surface area (TPSA) is 51.2 Å². The Morgan fingerprint density at radius 3 is 2.62 bits per heavy atom. The van der Waals surface area contributed by atoms with Crippen LogP contribution in [0.1, 0.15) is 41.8 Å². The van der Waals surface area contributed by atoms with Gasteiger partial charge in [-0.1, -0.05) is 19.1 Å². The lowest BCUT2D eigenvalue weighted by atomic mass is 10.0. The molecule has 0 fully saturated rings. The number of benzene rings is 1. The van der Waals surface area contributed by atoms with Crippen LogP contribution < -0.4 is 5.32 Å². The van der Waals surface area contributed by atoms with Gasteiger partial charge in [0.15, 0.2) is 0 Å². The van der Waals surface area contributed by atoms with Crippen molar-refractivity contribution in [2.24, 2.45) is 0 Å². The normalized spacial score (nSPS) is 10.7. The van der Waals surface area contributed by atoms with Crippen LogP contribution in [-0.4, -0.2) is 24.1 Å². The summed E-state index contributed by atoms with van der Waals surface area (Å²) in [5.74, 6) is -0.327. The van der Waals surface area contributed by atoms with E-state index < -0.39 is 0 Å². The molecule has 1 N–H and O–H groups in total. The van der Waals surface area contributed by atoms with Gasteiger partial charge >= 0.3 is 5.97 Å². The fourth-order valence-corrected chi connectivity index (χ4v) is 2.40. The van der Waals surface area contributed by atoms with Gasteiger partial charge in [-0.05, 0) is 38.3 Å². The number of carbonyl (C=O) groups is 1. The van der Waals surface area contributed by atoms with Crippen molar-refractivity contribution in [3.63, 3.8) is 0 Å². The zero-order valence-corrected chi connectivity index (χ0v) is 13.1. The largest absolute Gasteiger partial charge is 0.462 e. The summed E-state index contributed by atoms with van der Waals surface area (Å²) >= 11 is 0. The van der Waals surface area contributed by atoms with E-state index in [2.05, 4.69) is 29.4 Å². The van der Waals surface area contributed by atoms with Gasteiger partial charge in [0.2, 0.25) is 0 Å². The van der Waals surface area contributed by atoms with Crippen LogP contribution in [0.15, 0.2) is 18.3 Å². The highest BCUT2D eigenvalue weighted by molar-refractivity contribution is 6.06. The number of aryl methyl sites for hydroxylation is 2. The number of carbonyl (C=O) groups excluding carboxylic acids is 1. The van der Waals surface area contributed by atoms with E-state index in [-0.39, 0.29) is 5.97 Å². The van der Waals surface area contributed by atoms with Crippen LogP contribution in [0.4, 0.5) is 5.69 Å². The van der Waals surface area contributed by atoms with E-state index in [1.807, 2.05) is 13.8 Å². The average molecular weight is 286 g/mol. The lowest BCUT2D eigenvalue weighted by Gasteiger charge is -2.16. The molecule has 21 heavy (non-hydrogen) atoms. The van der Waals surface area contributed by atoms with Crippen molar-refractivity contribution in [2.45, 2.75) is 34.1 Å². The minimum Gasteiger partial charge on any atom is -0.462 e. The van der Waals surface area contributed by atoms with Gasteiger partial charge in [0, 0.05) is 18.1 Å². The van der Waals surface area contributed by atoms with Crippen molar-refractivity contribution in [2.75, 3.05) is 18.5 Å². The molecule has 0 spiro atoms. The molecule has 0 saturated carbocycles. The van der Waals surface area contributed by atoms with Crippen molar-refractivity contribution in [3.05, 3.63) is 35.0 Å². The molecule has 0 aliphatic heterocycles. The molecule has 0 radical (unpaired) electrons. The molecule has 0 atom stereocenters. The summed E-state index contributed by atoms with van der Waals surface area (Å²) in [5.41, 5.74) is 4.48. The molecule has 112 valence electrons. The Hall–Kier alpha value is -2.10. The van der Waals surface area contributed by atoms with E-state index >= 15 is 0 Å². The number of anilines is 1. The molecule has 4 nitrogen and oxygen atoms in total. The van der Waals surface area contributed by atoms with Gasteiger partial charge in [-0.2, -0.15) is 0 Å². The fourth-order valence-electron chi connectivity index (χ4n) is 2.40. The van der Waals surface area contributed by atoms with E-state index in [9.17, 15) is 4.79 Å². The monoisotopic (exact) mass is 286 g/mol. The first-order valence-corrected chi connectivity index (χ1v) is 7.40. The third-order valence-electron chi connectivity index (χ3n) is 3.48. The summed E-state index contributed by atoms with van der Waals surface area (Å²) in [6, 6.07) is 4.11. The van der Waals surface area contributed by atoms with E-state index in [0.29, 0.717) is 12.2 Å². The number of nitrogens with zero attached hydrogens (tertiary/aromatic N) is 1. The van der Waals surface area contributed by atoms with Crippen LogP contribution in [0, 0.1) is 13.8 Å². The summed E-state index contributed by atoms with van der Waals surface area (Å²) in [6.07, 6.45) is 2.60. The molecular formula is C17H22N2O2. The molecule has 0 aliphatic carbocycles. The second-order valence-electron chi connectivity index (χ2n) is 5.12. The zero-order valence-electron chi connectivity index (χ0n) is 13.1. The van der Waals surface area contributed by atoms with Gasteiger partial charge in [0.1, 0.15) is 5.56 Å². The smallest absolute Gasteiger partial charge is 0.341 e. The number of nitrogens with one attached hydrogen (secondary N) is 1. The molecular weight excluding hydrogens is 264 g/mol. The van der Waals surface area contributed by atoms with Gasteiger partial charge < -0.3 is 10.1 Å². The van der Waals surface area contributed by atoms with Crippen molar-refractivity contribution in [3.8, 4) is 0 Å². The summed E-state index contributed by atoms with van der Waals surface area (Å²) in [6.45, 7) is 9.13. The Balaban J connectivity index is 2.69. The highest BCUT2D eigenvalue weighted by Crippen LogP contribution is 2.31. The lowest BCUT2D eigenvalue weighted by molar-refractivity contribution is 0.0527. The van der Waals surface area contributed by atoms with Crippen LogP contribution in [0.3, 0.4) is 0 Å². The van der Waals surface area contributed by atoms with Crippen molar-refractivity contribution < 1.29 is 9.53 Å². The molecule has 1 aromatic carbocycles. The third-order valence-corrected chi connectivity index (χ3v) is 3.48. The van der Waals surface area contributed by atoms with Gasteiger partial charge in [-0.3, -0.25) is 4.98 Å². The maximum Gasteiger partial charge on any atom is 0.341 e. The quantitative estimate of drug-likeness (QED) is 0.848. The molecule has 1 aromatic heterocycles. The van der Waals surface area contributed by atoms with Gasteiger partial charge in [-0.15, -0.1) is 0 Å². The molecule has 0 unspecified atom stereocenters. The molecule has 0 bridgehead atoms. The highest BCUT2D eigenvalue weighted by atomic mass is 16.5. The van der Waals surface area contributed by atoms with E-state index in [1.54, 1.807) is 13.1 Å². The molecule has 0 amide bonds. The Kier molecular flexibility index (Phi) is 4.78. The van der Waals surface area contributed by atoms with Gasteiger partial charge in [0.05, 0.1) is 17.8 Å². The Labute approximate surface area is 125 Å². The molecule has 0 saturated heterocycles. The zero-order chi connectivity index (χ0) is 15.4. The van der Waals surface area contributed by atoms with Crippen molar-refractivity contribution in [1.82, 2.24) is 4.98 Å². The fraction of sp³-hybridized carbons (Fsp3) is 0.412. The first-order chi connectivity index (χ1) is 10.1. The van der Waals surface area contributed by atoms with Crippen LogP contribution >= 0.6 is 0 Å². The number of rotatable bonds is 5. The summed E-state index contributed by atoms with van der Waals surface area (Å²) < 4.78 is 5.15. The number of pyridine rings is 1. The lowest BCUT2D eigenvalue weighted by Crippen LogP contribution is -2.12. The van der Waals surface area contributed by atoms with Crippen LogP contribution in [0.25, 0.3) is 10.9 Å². The van der Waals surface area contributed by atoms with E-state index in [0.717, 1.165) is 40.7 Å². The predicted molar refractivity (Wildman–Crippen MR) is 86.0 cm³/mol. The minimum atomic E-state index is -0.327.